The number of nitro groups is 1. The van der Waals surface area contributed by atoms with Crippen LogP contribution in [0.1, 0.15) is 0 Å². The number of anilines is 1. The highest BCUT2D eigenvalue weighted by Gasteiger charge is 2.22. The number of phenols is 1. The van der Waals surface area contributed by atoms with Crippen LogP contribution in [0.4, 0.5) is 11.4 Å². The summed E-state index contributed by atoms with van der Waals surface area (Å²) in [7, 11) is -1.35. The lowest BCUT2D eigenvalue weighted by molar-refractivity contribution is -0.384. The Morgan fingerprint density at radius 1 is 1.08 bits per heavy atom. The third kappa shape index (κ3) is 3.49. The molecule has 0 heterocycles. The minimum atomic E-state index is -4.11. The van der Waals surface area contributed by atoms with E-state index < -0.39 is 20.6 Å². The predicted molar refractivity (Wildman–Crippen MR) is 85.1 cm³/mol. The summed E-state index contributed by atoms with van der Waals surface area (Å²) >= 11 is 0. The van der Waals surface area contributed by atoms with E-state index in [1.54, 1.807) is 0 Å². The number of phenolic OH excluding ortho intramolecular Hbond substituents is 1. The number of ether oxygens (including phenoxy) is 2. The number of aromatic hydroxyl groups is 1. The zero-order chi connectivity index (χ0) is 17.9. The van der Waals surface area contributed by atoms with Crippen LogP contribution in [0.3, 0.4) is 0 Å². The number of nitrogens with zero attached hydrogens (tertiary/aromatic N) is 1. The van der Waals surface area contributed by atoms with Crippen LogP contribution >= 0.6 is 0 Å². The molecule has 0 aliphatic heterocycles. The van der Waals surface area contributed by atoms with Crippen molar-refractivity contribution in [1.82, 2.24) is 0 Å². The van der Waals surface area contributed by atoms with Crippen LogP contribution in [0.15, 0.2) is 41.3 Å². The summed E-state index contributed by atoms with van der Waals surface area (Å²) in [5.41, 5.74) is -0.841. The summed E-state index contributed by atoms with van der Waals surface area (Å²) in [6, 6.07) is 7.00. The molecule has 10 heteroatoms. The van der Waals surface area contributed by atoms with Crippen LogP contribution in [0, 0.1) is 10.1 Å². The van der Waals surface area contributed by atoms with Gasteiger partial charge < -0.3 is 14.6 Å². The first-order chi connectivity index (χ1) is 11.3. The molecule has 0 spiro atoms. The van der Waals surface area contributed by atoms with E-state index in [4.69, 9.17) is 9.47 Å². The quantitative estimate of drug-likeness (QED) is 0.462. The highest BCUT2D eigenvalue weighted by atomic mass is 32.2. The van der Waals surface area contributed by atoms with E-state index in [0.717, 1.165) is 18.2 Å². The average Bonchev–Trinajstić information content (AvgIpc) is 2.55. The van der Waals surface area contributed by atoms with Crippen molar-refractivity contribution >= 4 is 21.4 Å². The van der Waals surface area contributed by atoms with Gasteiger partial charge in [-0.3, -0.25) is 14.8 Å². The van der Waals surface area contributed by atoms with E-state index in [1.165, 1.54) is 32.4 Å². The molecule has 0 bridgehead atoms. The van der Waals surface area contributed by atoms with E-state index >= 15 is 0 Å². The first-order valence-corrected chi connectivity index (χ1v) is 7.99. The zero-order valence-electron chi connectivity index (χ0n) is 12.7. The Balaban J connectivity index is 2.44. The lowest BCUT2D eigenvalue weighted by Crippen LogP contribution is -2.14. The van der Waals surface area contributed by atoms with Crippen LogP contribution < -0.4 is 14.2 Å². The monoisotopic (exact) mass is 354 g/mol. The fourth-order valence-electron chi connectivity index (χ4n) is 1.94. The van der Waals surface area contributed by atoms with Crippen LogP contribution in [-0.2, 0) is 10.0 Å². The van der Waals surface area contributed by atoms with Gasteiger partial charge in [0.25, 0.3) is 15.7 Å². The van der Waals surface area contributed by atoms with Gasteiger partial charge in [0.15, 0.2) is 11.5 Å². The molecule has 0 aromatic heterocycles. The van der Waals surface area contributed by atoms with Gasteiger partial charge >= 0.3 is 0 Å². The van der Waals surface area contributed by atoms with Crippen LogP contribution in [-0.4, -0.2) is 32.7 Å². The minimum Gasteiger partial charge on any atom is -0.508 e. The van der Waals surface area contributed by atoms with Crippen molar-refractivity contribution in [2.45, 2.75) is 4.90 Å². The Kier molecular flexibility index (Phi) is 4.79. The van der Waals surface area contributed by atoms with Crippen LogP contribution in [0.5, 0.6) is 17.2 Å². The van der Waals surface area contributed by atoms with Crippen molar-refractivity contribution in [3.8, 4) is 17.2 Å². The largest absolute Gasteiger partial charge is 0.508 e. The van der Waals surface area contributed by atoms with E-state index in [-0.39, 0.29) is 22.1 Å². The van der Waals surface area contributed by atoms with E-state index in [1.807, 2.05) is 0 Å². The van der Waals surface area contributed by atoms with Gasteiger partial charge in [-0.1, -0.05) is 0 Å². The Labute approximate surface area is 137 Å². The average molecular weight is 354 g/mol. The molecule has 0 saturated heterocycles. The van der Waals surface area contributed by atoms with Gasteiger partial charge in [-0.2, -0.15) is 0 Å². The molecule has 0 amide bonds. The zero-order valence-corrected chi connectivity index (χ0v) is 13.5. The summed E-state index contributed by atoms with van der Waals surface area (Å²) in [5.74, 6) is 0.184. The number of methoxy groups -OCH3 is 2. The molecule has 2 aromatic carbocycles. The lowest BCUT2D eigenvalue weighted by Gasteiger charge is -2.12. The summed E-state index contributed by atoms with van der Waals surface area (Å²) in [6.07, 6.45) is 0. The highest BCUT2D eigenvalue weighted by molar-refractivity contribution is 7.92. The van der Waals surface area contributed by atoms with Crippen molar-refractivity contribution in [3.63, 3.8) is 0 Å². The topological polar surface area (TPSA) is 128 Å². The maximum absolute atomic E-state index is 12.4. The molecule has 0 radical (unpaired) electrons. The van der Waals surface area contributed by atoms with E-state index in [0.29, 0.717) is 5.75 Å². The summed E-state index contributed by atoms with van der Waals surface area (Å²) in [4.78, 5) is 10.0. The third-order valence-electron chi connectivity index (χ3n) is 3.09. The van der Waals surface area contributed by atoms with Gasteiger partial charge in [0.1, 0.15) is 11.4 Å². The fourth-order valence-corrected chi connectivity index (χ4v) is 3.03. The lowest BCUT2D eigenvalue weighted by atomic mass is 10.2. The van der Waals surface area contributed by atoms with Crippen molar-refractivity contribution in [2.75, 3.05) is 18.9 Å². The van der Waals surface area contributed by atoms with Crippen molar-refractivity contribution in [1.29, 1.82) is 0 Å². The van der Waals surface area contributed by atoms with Crippen molar-refractivity contribution in [3.05, 3.63) is 46.5 Å². The van der Waals surface area contributed by atoms with Gasteiger partial charge in [-0.25, -0.2) is 8.42 Å². The van der Waals surface area contributed by atoms with E-state index in [2.05, 4.69) is 4.72 Å². The Morgan fingerprint density at radius 3 is 2.33 bits per heavy atom. The molecule has 128 valence electrons. The van der Waals surface area contributed by atoms with Crippen LogP contribution in [0.2, 0.25) is 0 Å². The van der Waals surface area contributed by atoms with Gasteiger partial charge in [0.05, 0.1) is 30.1 Å². The maximum atomic E-state index is 12.4. The molecule has 0 unspecified atom stereocenters. The number of rotatable bonds is 6. The molecule has 2 aromatic rings. The molecule has 2 N–H and O–H groups in total. The fraction of sp³-hybridized carbons (Fsp3) is 0.143. The molecular formula is C14H14N2O7S. The molecule has 9 nitrogen and oxygen atoms in total. The number of hydrogen-bond donors (Lipinski definition) is 2. The molecular weight excluding hydrogens is 340 g/mol. The third-order valence-corrected chi connectivity index (χ3v) is 4.45. The molecule has 2 rings (SSSR count). The highest BCUT2D eigenvalue weighted by Crippen LogP contribution is 2.33. The summed E-state index contributed by atoms with van der Waals surface area (Å²) < 4.78 is 37.1. The predicted octanol–water partition coefficient (Wildman–Crippen LogP) is 2.12. The van der Waals surface area contributed by atoms with E-state index in [9.17, 15) is 23.6 Å². The van der Waals surface area contributed by atoms with Gasteiger partial charge in [-0.15, -0.1) is 0 Å². The number of nitrogens with one attached hydrogen (secondary N) is 1. The van der Waals surface area contributed by atoms with Gasteiger partial charge in [0.2, 0.25) is 0 Å². The summed E-state index contributed by atoms with van der Waals surface area (Å²) in [5, 5.41) is 20.3. The number of sulfonamides is 1. The number of nitro benzene ring substituents is 1. The normalized spacial score (nSPS) is 10.9. The standard InChI is InChI=1S/C14H14N2O7S/c1-22-13-6-4-10(8-14(13)23-2)24(20,21)15-11-5-3-9(17)7-12(11)16(18)19/h3-8,15,17H,1-2H3. The maximum Gasteiger partial charge on any atom is 0.297 e. The Morgan fingerprint density at radius 2 is 1.75 bits per heavy atom. The van der Waals surface area contributed by atoms with Gasteiger partial charge in [-0.05, 0) is 24.3 Å². The number of benzene rings is 2. The minimum absolute atomic E-state index is 0.164. The smallest absolute Gasteiger partial charge is 0.297 e. The first kappa shape index (κ1) is 17.3. The van der Waals surface area contributed by atoms with Crippen molar-refractivity contribution in [2.24, 2.45) is 0 Å². The molecule has 0 aliphatic carbocycles. The second kappa shape index (κ2) is 6.62. The molecule has 24 heavy (non-hydrogen) atoms. The Hall–Kier alpha value is -3.01. The van der Waals surface area contributed by atoms with Gasteiger partial charge in [0, 0.05) is 6.07 Å². The van der Waals surface area contributed by atoms with Crippen LogP contribution in [0.25, 0.3) is 0 Å². The molecule has 0 aliphatic rings. The summed E-state index contributed by atoms with van der Waals surface area (Å²) in [6.45, 7) is 0. The molecule has 0 saturated carbocycles. The van der Waals surface area contributed by atoms with Crippen molar-refractivity contribution < 1.29 is 27.9 Å². The second-order valence-corrected chi connectivity index (χ2v) is 6.26. The first-order valence-electron chi connectivity index (χ1n) is 6.50. The number of hydrogen-bond acceptors (Lipinski definition) is 7. The molecule has 0 fully saturated rings. The Bertz CT molecular complexity index is 881. The SMILES string of the molecule is COc1ccc(S(=O)(=O)Nc2ccc(O)cc2[N+](=O)[O-])cc1OC. The molecule has 0 atom stereocenters. The second-order valence-electron chi connectivity index (χ2n) is 4.58.